The Labute approximate surface area is 98.1 Å². The summed E-state index contributed by atoms with van der Waals surface area (Å²) >= 11 is 0. The highest BCUT2D eigenvalue weighted by atomic mass is 15.5. The van der Waals surface area contributed by atoms with Crippen LogP contribution in [0, 0.1) is 0 Å². The molecule has 0 aliphatic carbocycles. The fraction of sp³-hybridized carbons (Fsp3) is 0.0833. The van der Waals surface area contributed by atoms with Crippen molar-refractivity contribution < 1.29 is 0 Å². The Morgan fingerprint density at radius 3 is 2.47 bits per heavy atom. The number of hydrogen-bond donors (Lipinski definition) is 1. The molecule has 0 saturated carbocycles. The second-order valence-electron chi connectivity index (χ2n) is 3.79. The first-order valence-corrected chi connectivity index (χ1v) is 5.35. The molecule has 2 aromatic heterocycles. The van der Waals surface area contributed by atoms with E-state index in [2.05, 4.69) is 37.3 Å². The fourth-order valence-corrected chi connectivity index (χ4v) is 1.73. The first-order chi connectivity index (χ1) is 8.42. The summed E-state index contributed by atoms with van der Waals surface area (Å²) in [4.78, 5) is 0. The van der Waals surface area contributed by atoms with Crippen LogP contribution in [0.15, 0.2) is 48.8 Å². The average molecular weight is 225 g/mol. The van der Waals surface area contributed by atoms with Gasteiger partial charge in [0.15, 0.2) is 0 Å². The lowest BCUT2D eigenvalue weighted by Crippen LogP contribution is -1.95. The molecule has 17 heavy (non-hydrogen) atoms. The number of tetrazole rings is 1. The second kappa shape index (κ2) is 4.21. The number of aromatic nitrogens is 5. The van der Waals surface area contributed by atoms with Crippen molar-refractivity contribution in [1.82, 2.24) is 25.2 Å². The maximum absolute atomic E-state index is 3.94. The molecule has 5 heteroatoms. The topological polar surface area (TPSA) is 59.4 Å². The lowest BCUT2D eigenvalue weighted by atomic mass is 10.1. The maximum Gasteiger partial charge on any atom is 0.204 e. The highest BCUT2D eigenvalue weighted by Crippen LogP contribution is 2.14. The fourth-order valence-electron chi connectivity index (χ4n) is 1.73. The van der Waals surface area contributed by atoms with Gasteiger partial charge in [0.2, 0.25) is 5.82 Å². The van der Waals surface area contributed by atoms with Gasteiger partial charge in [-0.1, -0.05) is 24.3 Å². The van der Waals surface area contributed by atoms with Crippen LogP contribution in [0.3, 0.4) is 0 Å². The molecule has 84 valence electrons. The molecular weight excluding hydrogens is 214 g/mol. The Bertz CT molecular complexity index is 566. The van der Waals surface area contributed by atoms with E-state index in [1.807, 2.05) is 36.7 Å². The molecule has 0 fully saturated rings. The predicted octanol–water partition coefficient (Wildman–Crippen LogP) is 1.72. The van der Waals surface area contributed by atoms with E-state index in [0.29, 0.717) is 5.82 Å². The molecule has 0 bridgehead atoms. The molecule has 1 aromatic carbocycles. The van der Waals surface area contributed by atoms with Gasteiger partial charge in [0.1, 0.15) is 0 Å². The van der Waals surface area contributed by atoms with Crippen molar-refractivity contribution >= 4 is 0 Å². The number of rotatable bonds is 3. The molecule has 3 rings (SSSR count). The van der Waals surface area contributed by atoms with E-state index < -0.39 is 0 Å². The van der Waals surface area contributed by atoms with Crippen LogP contribution in [0.25, 0.3) is 11.4 Å². The highest BCUT2D eigenvalue weighted by Gasteiger charge is 2.02. The van der Waals surface area contributed by atoms with Crippen molar-refractivity contribution in [3.05, 3.63) is 54.4 Å². The van der Waals surface area contributed by atoms with Crippen LogP contribution in [-0.4, -0.2) is 25.2 Å². The minimum Gasteiger partial charge on any atom is -0.350 e. The molecule has 0 atom stereocenters. The van der Waals surface area contributed by atoms with Crippen LogP contribution in [0.4, 0.5) is 0 Å². The number of hydrogen-bond acceptors (Lipinski definition) is 3. The van der Waals surface area contributed by atoms with E-state index in [1.54, 1.807) is 0 Å². The van der Waals surface area contributed by atoms with Crippen molar-refractivity contribution in [2.75, 3.05) is 0 Å². The molecule has 0 saturated heterocycles. The summed E-state index contributed by atoms with van der Waals surface area (Å²) in [6.07, 6.45) is 4.10. The smallest absolute Gasteiger partial charge is 0.204 e. The summed E-state index contributed by atoms with van der Waals surface area (Å²) in [7, 11) is 0. The molecule has 0 aliphatic heterocycles. The molecule has 0 spiro atoms. The van der Waals surface area contributed by atoms with E-state index >= 15 is 0 Å². The predicted molar refractivity (Wildman–Crippen MR) is 63.1 cm³/mol. The Balaban J connectivity index is 1.81. The van der Waals surface area contributed by atoms with Gasteiger partial charge in [0.25, 0.3) is 0 Å². The lowest BCUT2D eigenvalue weighted by molar-refractivity contribution is 0.806. The highest BCUT2D eigenvalue weighted by molar-refractivity contribution is 5.54. The Hall–Kier alpha value is -2.43. The molecule has 0 amide bonds. The van der Waals surface area contributed by atoms with Crippen LogP contribution in [0.5, 0.6) is 0 Å². The number of nitrogens with one attached hydrogen (secondary N) is 1. The molecular formula is C12H11N5. The van der Waals surface area contributed by atoms with E-state index in [-0.39, 0.29) is 0 Å². The Morgan fingerprint density at radius 2 is 1.82 bits per heavy atom. The van der Waals surface area contributed by atoms with Crippen LogP contribution in [-0.2, 0) is 6.54 Å². The number of nitrogens with zero attached hydrogens (tertiary/aromatic N) is 4. The lowest BCUT2D eigenvalue weighted by Gasteiger charge is -2.03. The van der Waals surface area contributed by atoms with Gasteiger partial charge in [-0.15, -0.1) is 10.2 Å². The van der Waals surface area contributed by atoms with Gasteiger partial charge >= 0.3 is 0 Å². The zero-order valence-corrected chi connectivity index (χ0v) is 9.11. The minimum atomic E-state index is 0.623. The van der Waals surface area contributed by atoms with Gasteiger partial charge in [-0.25, -0.2) is 0 Å². The Morgan fingerprint density at radius 1 is 1.06 bits per heavy atom. The molecule has 2 heterocycles. The normalized spacial score (nSPS) is 10.6. The van der Waals surface area contributed by atoms with Crippen molar-refractivity contribution in [2.24, 2.45) is 0 Å². The summed E-state index contributed by atoms with van der Waals surface area (Å²) in [5, 5.41) is 13.9. The average Bonchev–Trinajstić information content (AvgIpc) is 3.01. The van der Waals surface area contributed by atoms with Gasteiger partial charge in [0.05, 0.1) is 0 Å². The van der Waals surface area contributed by atoms with Crippen LogP contribution in [0.1, 0.15) is 5.56 Å². The van der Waals surface area contributed by atoms with Crippen molar-refractivity contribution in [3.8, 4) is 11.4 Å². The molecule has 3 aromatic rings. The minimum absolute atomic E-state index is 0.623. The maximum atomic E-state index is 3.94. The van der Waals surface area contributed by atoms with Gasteiger partial charge in [-0.3, -0.25) is 0 Å². The first-order valence-electron chi connectivity index (χ1n) is 5.35. The van der Waals surface area contributed by atoms with Crippen LogP contribution >= 0.6 is 0 Å². The quantitative estimate of drug-likeness (QED) is 0.738. The van der Waals surface area contributed by atoms with E-state index in [9.17, 15) is 0 Å². The third-order valence-corrected chi connectivity index (χ3v) is 2.59. The summed E-state index contributed by atoms with van der Waals surface area (Å²) in [6, 6.07) is 12.2. The Kier molecular flexibility index (Phi) is 2.42. The van der Waals surface area contributed by atoms with Gasteiger partial charge in [0, 0.05) is 24.5 Å². The molecule has 0 radical (unpaired) electrons. The zero-order valence-electron chi connectivity index (χ0n) is 9.11. The molecule has 5 nitrogen and oxygen atoms in total. The number of benzene rings is 1. The number of aromatic amines is 1. The summed E-state index contributed by atoms with van der Waals surface area (Å²) < 4.78 is 2.13. The monoisotopic (exact) mass is 225 g/mol. The van der Waals surface area contributed by atoms with Crippen molar-refractivity contribution in [3.63, 3.8) is 0 Å². The van der Waals surface area contributed by atoms with E-state index in [4.69, 9.17) is 0 Å². The third kappa shape index (κ3) is 2.08. The van der Waals surface area contributed by atoms with Gasteiger partial charge in [-0.05, 0) is 22.9 Å². The van der Waals surface area contributed by atoms with Gasteiger partial charge < -0.3 is 4.57 Å². The summed E-state index contributed by atoms with van der Waals surface area (Å²) in [5.74, 6) is 0.623. The van der Waals surface area contributed by atoms with Gasteiger partial charge in [-0.2, -0.15) is 5.21 Å². The standard InChI is InChI=1S/C12H11N5/c1-2-8-17(7-1)9-10-3-5-11(6-4-10)12-13-15-16-14-12/h1-8H,9H2,(H,13,14,15,16). The van der Waals surface area contributed by atoms with E-state index in [0.717, 1.165) is 12.1 Å². The first kappa shape index (κ1) is 9.77. The van der Waals surface area contributed by atoms with E-state index in [1.165, 1.54) is 5.56 Å². The third-order valence-electron chi connectivity index (χ3n) is 2.59. The second-order valence-corrected chi connectivity index (χ2v) is 3.79. The van der Waals surface area contributed by atoms with Crippen molar-refractivity contribution in [1.29, 1.82) is 0 Å². The summed E-state index contributed by atoms with van der Waals surface area (Å²) in [6.45, 7) is 0.875. The SMILES string of the molecule is c1ccn(Cc2ccc(-c3nn[nH]n3)cc2)c1. The number of H-pyrrole nitrogens is 1. The van der Waals surface area contributed by atoms with Crippen LogP contribution < -0.4 is 0 Å². The van der Waals surface area contributed by atoms with Crippen molar-refractivity contribution in [2.45, 2.75) is 6.54 Å². The largest absolute Gasteiger partial charge is 0.350 e. The molecule has 1 N–H and O–H groups in total. The zero-order chi connectivity index (χ0) is 11.5. The summed E-state index contributed by atoms with van der Waals surface area (Å²) in [5.41, 5.74) is 2.21. The molecule has 0 aliphatic rings. The van der Waals surface area contributed by atoms with Crippen LogP contribution in [0.2, 0.25) is 0 Å². The molecule has 0 unspecified atom stereocenters.